The number of aromatic nitrogens is 1. The largest absolute Gasteiger partial charge is 0.497 e. The molecule has 2 N–H and O–H groups in total. The molecule has 1 saturated carbocycles. The highest BCUT2D eigenvalue weighted by atomic mass is 16.5. The van der Waals surface area contributed by atoms with Gasteiger partial charge >= 0.3 is 5.97 Å². The van der Waals surface area contributed by atoms with E-state index in [2.05, 4.69) is 22.0 Å². The van der Waals surface area contributed by atoms with E-state index in [0.29, 0.717) is 37.1 Å². The van der Waals surface area contributed by atoms with E-state index in [1.807, 2.05) is 30.3 Å². The summed E-state index contributed by atoms with van der Waals surface area (Å²) in [5.74, 6) is 1.50. The lowest BCUT2D eigenvalue weighted by molar-refractivity contribution is -0.147. The molecule has 39 heavy (non-hydrogen) atoms. The van der Waals surface area contributed by atoms with E-state index in [1.165, 1.54) is 5.56 Å². The standard InChI is InChI=1S/C31H38N2O6/c1-37-23-6-7-27-25(17-23)24(10-12-32-27)28(34)8-4-19-11-13-33(18-26(19)31(35)36)22-14-21(15-22)20-5-9-29(38-2)30(16-20)39-3/h5-7,9-10,12,16-17,19,21-22,26,28,34H,4,8,11,13-15,18H2,1-3H3,(H,35,36)/t19-,21?,22?,26+,28?/m1/s1. The molecule has 1 unspecified atom stereocenters. The molecule has 2 aromatic carbocycles. The van der Waals surface area contributed by atoms with Crippen LogP contribution in [-0.2, 0) is 4.79 Å². The maximum absolute atomic E-state index is 12.3. The molecule has 0 amide bonds. The Balaban J connectivity index is 1.18. The Kier molecular flexibility index (Phi) is 8.23. The van der Waals surface area contributed by atoms with Crippen molar-refractivity contribution in [1.82, 2.24) is 9.88 Å². The second kappa shape index (κ2) is 11.8. The first-order valence-corrected chi connectivity index (χ1v) is 13.7. The number of hydrogen-bond donors (Lipinski definition) is 2. The van der Waals surface area contributed by atoms with Gasteiger partial charge in [-0.05, 0) is 98.0 Å². The molecule has 8 nitrogen and oxygen atoms in total. The van der Waals surface area contributed by atoms with Crippen LogP contribution in [0.25, 0.3) is 10.9 Å². The smallest absolute Gasteiger partial charge is 0.308 e. The van der Waals surface area contributed by atoms with Gasteiger partial charge in [-0.25, -0.2) is 0 Å². The zero-order valence-corrected chi connectivity index (χ0v) is 22.9. The number of fused-ring (bicyclic) bond motifs is 1. The van der Waals surface area contributed by atoms with Crippen molar-refractivity contribution in [2.24, 2.45) is 11.8 Å². The van der Waals surface area contributed by atoms with Gasteiger partial charge in [-0.1, -0.05) is 6.07 Å². The van der Waals surface area contributed by atoms with E-state index in [4.69, 9.17) is 14.2 Å². The third-order valence-corrected chi connectivity index (χ3v) is 8.77. The molecule has 0 radical (unpaired) electrons. The fourth-order valence-electron chi connectivity index (χ4n) is 6.34. The molecule has 2 fully saturated rings. The van der Waals surface area contributed by atoms with Crippen molar-refractivity contribution < 1.29 is 29.2 Å². The minimum Gasteiger partial charge on any atom is -0.497 e. The number of carbonyl (C=O) groups is 1. The summed E-state index contributed by atoms with van der Waals surface area (Å²) in [6.45, 7) is 1.46. The number of pyridine rings is 1. The molecule has 1 saturated heterocycles. The van der Waals surface area contributed by atoms with Crippen LogP contribution in [0.15, 0.2) is 48.7 Å². The van der Waals surface area contributed by atoms with Crippen LogP contribution in [0.1, 0.15) is 55.3 Å². The van der Waals surface area contributed by atoms with E-state index < -0.39 is 18.0 Å². The number of aliphatic carboxylic acids is 1. The number of methoxy groups -OCH3 is 3. The summed E-state index contributed by atoms with van der Waals surface area (Å²) in [6, 6.07) is 14.0. The molecule has 3 aromatic rings. The van der Waals surface area contributed by atoms with Crippen molar-refractivity contribution in [2.45, 2.75) is 50.2 Å². The summed E-state index contributed by atoms with van der Waals surface area (Å²) in [5, 5.41) is 22.0. The average Bonchev–Trinajstić information content (AvgIpc) is 2.94. The van der Waals surface area contributed by atoms with Crippen LogP contribution in [-0.4, -0.2) is 66.5 Å². The van der Waals surface area contributed by atoms with Crippen LogP contribution in [0.5, 0.6) is 17.2 Å². The molecule has 2 heterocycles. The summed E-state index contributed by atoms with van der Waals surface area (Å²) in [7, 11) is 4.90. The summed E-state index contributed by atoms with van der Waals surface area (Å²) >= 11 is 0. The first-order chi connectivity index (χ1) is 18.9. The molecule has 208 valence electrons. The fraction of sp³-hybridized carbons (Fsp3) is 0.484. The van der Waals surface area contributed by atoms with Gasteiger partial charge in [0, 0.05) is 24.2 Å². The van der Waals surface area contributed by atoms with Crippen molar-refractivity contribution in [3.05, 3.63) is 59.8 Å². The SMILES string of the molecule is COc1ccc2nccc(C(O)CC[C@@H]3CCN(C4CC(c5ccc(OC)c(OC)c5)C4)C[C@@H]3C(=O)O)c2c1. The molecule has 0 bridgehead atoms. The van der Waals surface area contributed by atoms with Crippen LogP contribution in [0.3, 0.4) is 0 Å². The van der Waals surface area contributed by atoms with E-state index in [1.54, 1.807) is 27.5 Å². The Labute approximate surface area is 229 Å². The van der Waals surface area contributed by atoms with Gasteiger partial charge in [0.15, 0.2) is 11.5 Å². The summed E-state index contributed by atoms with van der Waals surface area (Å²) in [4.78, 5) is 19.0. The van der Waals surface area contributed by atoms with Gasteiger partial charge in [-0.15, -0.1) is 0 Å². The van der Waals surface area contributed by atoms with Crippen molar-refractivity contribution in [3.8, 4) is 17.2 Å². The Morgan fingerprint density at radius 1 is 1.05 bits per heavy atom. The number of nitrogens with zero attached hydrogens (tertiary/aromatic N) is 2. The lowest BCUT2D eigenvalue weighted by Crippen LogP contribution is -2.52. The molecule has 1 aliphatic carbocycles. The quantitative estimate of drug-likeness (QED) is 0.373. The number of benzene rings is 2. The zero-order valence-electron chi connectivity index (χ0n) is 22.9. The number of carboxylic acids is 1. The molecule has 5 rings (SSSR count). The number of piperidine rings is 1. The highest BCUT2D eigenvalue weighted by Crippen LogP contribution is 2.44. The topological polar surface area (TPSA) is 101 Å². The summed E-state index contributed by atoms with van der Waals surface area (Å²) in [5.41, 5.74) is 2.85. The Bertz CT molecular complexity index is 1310. The number of likely N-dealkylation sites (tertiary alicyclic amines) is 1. The Morgan fingerprint density at radius 3 is 2.56 bits per heavy atom. The van der Waals surface area contributed by atoms with Crippen LogP contribution >= 0.6 is 0 Å². The first kappa shape index (κ1) is 27.2. The van der Waals surface area contributed by atoms with Gasteiger partial charge in [0.2, 0.25) is 0 Å². The number of aliphatic hydroxyl groups excluding tert-OH is 1. The van der Waals surface area contributed by atoms with Gasteiger partial charge < -0.3 is 24.4 Å². The lowest BCUT2D eigenvalue weighted by Gasteiger charge is -2.47. The highest BCUT2D eigenvalue weighted by Gasteiger charge is 2.41. The van der Waals surface area contributed by atoms with Gasteiger partial charge in [0.25, 0.3) is 0 Å². The third kappa shape index (κ3) is 5.68. The van der Waals surface area contributed by atoms with E-state index in [-0.39, 0.29) is 5.92 Å². The van der Waals surface area contributed by atoms with E-state index in [0.717, 1.165) is 53.8 Å². The van der Waals surface area contributed by atoms with Gasteiger partial charge in [0.05, 0.1) is 38.9 Å². The first-order valence-electron chi connectivity index (χ1n) is 13.7. The number of hydrogen-bond acceptors (Lipinski definition) is 7. The van der Waals surface area contributed by atoms with E-state index >= 15 is 0 Å². The fourth-order valence-corrected chi connectivity index (χ4v) is 6.34. The summed E-state index contributed by atoms with van der Waals surface area (Å²) in [6.07, 6.45) is 5.05. The molecule has 1 aliphatic heterocycles. The lowest BCUT2D eigenvalue weighted by atomic mass is 9.73. The van der Waals surface area contributed by atoms with Crippen molar-refractivity contribution in [1.29, 1.82) is 0 Å². The van der Waals surface area contributed by atoms with Gasteiger partial charge in [-0.2, -0.15) is 0 Å². The van der Waals surface area contributed by atoms with Crippen molar-refractivity contribution in [3.63, 3.8) is 0 Å². The minimum absolute atomic E-state index is 0.0396. The molecular formula is C31H38N2O6. The van der Waals surface area contributed by atoms with Crippen LogP contribution in [0.2, 0.25) is 0 Å². The average molecular weight is 535 g/mol. The molecule has 2 aliphatic rings. The second-order valence-electron chi connectivity index (χ2n) is 10.8. The maximum Gasteiger partial charge on any atom is 0.308 e. The van der Waals surface area contributed by atoms with Gasteiger partial charge in [-0.3, -0.25) is 14.7 Å². The van der Waals surface area contributed by atoms with Crippen LogP contribution in [0.4, 0.5) is 0 Å². The predicted molar refractivity (Wildman–Crippen MR) is 149 cm³/mol. The Hall–Kier alpha value is -3.36. The van der Waals surface area contributed by atoms with Crippen LogP contribution in [0, 0.1) is 11.8 Å². The summed E-state index contributed by atoms with van der Waals surface area (Å²) < 4.78 is 16.2. The monoisotopic (exact) mass is 534 g/mol. The maximum atomic E-state index is 12.3. The molecule has 3 atom stereocenters. The zero-order chi connectivity index (χ0) is 27.5. The molecule has 0 spiro atoms. The predicted octanol–water partition coefficient (Wildman–Crippen LogP) is 5.04. The highest BCUT2D eigenvalue weighted by molar-refractivity contribution is 5.83. The normalized spacial score (nSPS) is 24.1. The molecular weight excluding hydrogens is 496 g/mol. The Morgan fingerprint density at radius 2 is 1.85 bits per heavy atom. The second-order valence-corrected chi connectivity index (χ2v) is 10.8. The third-order valence-electron chi connectivity index (χ3n) is 8.77. The molecule has 8 heteroatoms. The van der Waals surface area contributed by atoms with E-state index in [9.17, 15) is 15.0 Å². The minimum atomic E-state index is -0.742. The molecule has 1 aromatic heterocycles. The van der Waals surface area contributed by atoms with Crippen molar-refractivity contribution >= 4 is 16.9 Å². The number of aliphatic hydroxyl groups is 1. The van der Waals surface area contributed by atoms with Crippen LogP contribution < -0.4 is 14.2 Å². The number of carboxylic acid groups (broad SMARTS) is 1. The number of rotatable bonds is 10. The number of ether oxygens (including phenoxy) is 3. The van der Waals surface area contributed by atoms with Crippen molar-refractivity contribution in [2.75, 3.05) is 34.4 Å². The van der Waals surface area contributed by atoms with Gasteiger partial charge in [0.1, 0.15) is 5.75 Å².